The van der Waals surface area contributed by atoms with Crippen molar-refractivity contribution >= 4 is 28.1 Å². The van der Waals surface area contributed by atoms with Crippen molar-refractivity contribution < 1.29 is 9.90 Å². The second-order valence-corrected chi connectivity index (χ2v) is 8.58. The minimum Gasteiger partial charge on any atom is -0.494 e. The van der Waals surface area contributed by atoms with Crippen molar-refractivity contribution in [2.24, 2.45) is 4.99 Å². The summed E-state index contributed by atoms with van der Waals surface area (Å²) in [6.45, 7) is 3.65. The highest BCUT2D eigenvalue weighted by Gasteiger charge is 2.31. The van der Waals surface area contributed by atoms with Crippen LogP contribution in [0.1, 0.15) is 74.2 Å². The average molecular weight is 432 g/mol. The molecule has 2 N–H and O–H groups in total. The van der Waals surface area contributed by atoms with Gasteiger partial charge in [0.2, 0.25) is 11.7 Å². The third-order valence-electron chi connectivity index (χ3n) is 6.25. The van der Waals surface area contributed by atoms with E-state index in [1.807, 2.05) is 47.0 Å². The van der Waals surface area contributed by atoms with Gasteiger partial charge in [-0.3, -0.25) is 14.7 Å². The van der Waals surface area contributed by atoms with Crippen LogP contribution in [0.3, 0.4) is 0 Å². The molecule has 0 atom stereocenters. The van der Waals surface area contributed by atoms with Crippen molar-refractivity contribution in [1.29, 1.82) is 0 Å². The summed E-state index contributed by atoms with van der Waals surface area (Å²) in [6.07, 6.45) is 10.3. The molecule has 5 heteroatoms. The number of aromatic hydroxyl groups is 1. The lowest BCUT2D eigenvalue weighted by molar-refractivity contribution is 0.107. The van der Waals surface area contributed by atoms with Gasteiger partial charge in [-0.05, 0) is 31.2 Å². The highest BCUT2D eigenvalue weighted by Crippen LogP contribution is 2.37. The second-order valence-electron chi connectivity index (χ2n) is 8.58. The molecule has 32 heavy (non-hydrogen) atoms. The van der Waals surface area contributed by atoms with E-state index >= 15 is 0 Å². The van der Waals surface area contributed by atoms with Crippen molar-refractivity contribution in [3.05, 3.63) is 59.7 Å². The van der Waals surface area contributed by atoms with E-state index in [-0.39, 0.29) is 11.7 Å². The van der Waals surface area contributed by atoms with Gasteiger partial charge in [-0.2, -0.15) is 0 Å². The number of para-hydroxylation sites is 2. The smallest absolute Gasteiger partial charge is 0.214 e. The van der Waals surface area contributed by atoms with Gasteiger partial charge in [-0.1, -0.05) is 82.2 Å². The highest BCUT2D eigenvalue weighted by molar-refractivity contribution is 6.56. The molecule has 0 saturated heterocycles. The van der Waals surface area contributed by atoms with Crippen LogP contribution in [-0.2, 0) is 6.67 Å². The number of hydrogen-bond acceptors (Lipinski definition) is 4. The van der Waals surface area contributed by atoms with Crippen LogP contribution in [0.4, 0.5) is 5.69 Å². The Kier molecular flexibility index (Phi) is 7.38. The third-order valence-corrected chi connectivity index (χ3v) is 6.25. The van der Waals surface area contributed by atoms with Gasteiger partial charge in [0, 0.05) is 10.9 Å². The van der Waals surface area contributed by atoms with Gasteiger partial charge in [0.25, 0.3) is 0 Å². The van der Waals surface area contributed by atoms with Crippen molar-refractivity contribution in [3.63, 3.8) is 0 Å². The largest absolute Gasteiger partial charge is 0.494 e. The number of rotatable bonds is 12. The predicted octanol–water partition coefficient (Wildman–Crippen LogP) is 6.35. The first kappa shape index (κ1) is 22.3. The Balaban J connectivity index is 1.41. The summed E-state index contributed by atoms with van der Waals surface area (Å²) in [5, 5.41) is 15.4. The highest BCUT2D eigenvalue weighted by atomic mass is 16.3. The molecule has 0 aliphatic carbocycles. The first-order valence-corrected chi connectivity index (χ1v) is 12.0. The quantitative estimate of drug-likeness (QED) is 0.328. The molecule has 0 saturated carbocycles. The monoisotopic (exact) mass is 431 g/mol. The molecule has 2 heterocycles. The van der Waals surface area contributed by atoms with Crippen LogP contribution in [0.5, 0.6) is 5.88 Å². The van der Waals surface area contributed by atoms with Crippen LogP contribution >= 0.6 is 0 Å². The number of fused-ring (bicyclic) bond motifs is 2. The number of nitrogens with one attached hydrogen (secondary N) is 1. The molecular formula is C27H33N3O2. The molecule has 0 fully saturated rings. The third kappa shape index (κ3) is 4.63. The zero-order valence-corrected chi connectivity index (χ0v) is 18.9. The van der Waals surface area contributed by atoms with Gasteiger partial charge < -0.3 is 5.11 Å². The molecule has 1 aliphatic rings. The van der Waals surface area contributed by atoms with Crippen LogP contribution in [0, 0.1) is 0 Å². The summed E-state index contributed by atoms with van der Waals surface area (Å²) in [4.78, 5) is 17.5. The van der Waals surface area contributed by atoms with Gasteiger partial charge in [0.1, 0.15) is 5.71 Å². The number of aromatic nitrogens is 1. The number of carbonyl (C=O) groups is 1. The Morgan fingerprint density at radius 2 is 1.59 bits per heavy atom. The van der Waals surface area contributed by atoms with Crippen LogP contribution in [-0.4, -0.2) is 27.7 Å². The number of nitrogens with zero attached hydrogens (tertiary/aromatic N) is 2. The summed E-state index contributed by atoms with van der Waals surface area (Å²) in [5.41, 5.74) is 3.00. The van der Waals surface area contributed by atoms with E-state index in [0.29, 0.717) is 29.2 Å². The van der Waals surface area contributed by atoms with E-state index in [1.165, 1.54) is 44.9 Å². The van der Waals surface area contributed by atoms with Crippen molar-refractivity contribution in [2.75, 3.05) is 6.54 Å². The number of carbonyl (C=O) groups excluding carboxylic acids is 1. The summed E-state index contributed by atoms with van der Waals surface area (Å²) in [7, 11) is 0. The van der Waals surface area contributed by atoms with Gasteiger partial charge in [-0.25, -0.2) is 4.99 Å². The van der Waals surface area contributed by atoms with Crippen LogP contribution in [0.2, 0.25) is 0 Å². The number of benzene rings is 2. The fraction of sp³-hybridized carbons (Fsp3) is 0.407. The molecule has 4 rings (SSSR count). The lowest BCUT2D eigenvalue weighted by Crippen LogP contribution is -2.19. The molecule has 0 radical (unpaired) electrons. The first-order chi connectivity index (χ1) is 15.7. The predicted molar refractivity (Wildman–Crippen MR) is 131 cm³/mol. The van der Waals surface area contributed by atoms with E-state index in [4.69, 9.17) is 0 Å². The van der Waals surface area contributed by atoms with Gasteiger partial charge in [0.05, 0.1) is 23.4 Å². The summed E-state index contributed by atoms with van der Waals surface area (Å²) < 4.78 is 1.84. The molecule has 3 aromatic rings. The summed E-state index contributed by atoms with van der Waals surface area (Å²) in [5.74, 6) is -0.0415. The van der Waals surface area contributed by atoms with E-state index in [9.17, 15) is 9.90 Å². The SMILES string of the molecule is CCCCCCCCCCNCn1c(O)c(C2=Nc3ccccc3C2=O)c2ccccc21. The van der Waals surface area contributed by atoms with Gasteiger partial charge in [0.15, 0.2) is 0 Å². The lowest BCUT2D eigenvalue weighted by Gasteiger charge is -2.09. The fourth-order valence-electron chi connectivity index (χ4n) is 4.49. The van der Waals surface area contributed by atoms with Crippen LogP contribution < -0.4 is 5.32 Å². The fourth-order valence-corrected chi connectivity index (χ4v) is 4.49. The minimum atomic E-state index is -0.134. The van der Waals surface area contributed by atoms with E-state index in [1.54, 1.807) is 6.07 Å². The van der Waals surface area contributed by atoms with Gasteiger partial charge in [-0.15, -0.1) is 0 Å². The Labute approximate surface area is 190 Å². The Bertz CT molecular complexity index is 1110. The summed E-state index contributed by atoms with van der Waals surface area (Å²) in [6, 6.07) is 15.1. The maximum absolute atomic E-state index is 13.0. The molecule has 0 bridgehead atoms. The number of unbranched alkanes of at least 4 members (excludes halogenated alkanes) is 7. The molecule has 5 nitrogen and oxygen atoms in total. The molecule has 2 aromatic carbocycles. The van der Waals surface area contributed by atoms with Crippen LogP contribution in [0.15, 0.2) is 53.5 Å². The zero-order chi connectivity index (χ0) is 22.3. The molecule has 0 spiro atoms. The Hall–Kier alpha value is -2.92. The maximum atomic E-state index is 13.0. The molecule has 1 aromatic heterocycles. The van der Waals surface area contributed by atoms with Crippen molar-refractivity contribution in [3.8, 4) is 5.88 Å². The van der Waals surface area contributed by atoms with Gasteiger partial charge >= 0.3 is 0 Å². The average Bonchev–Trinajstić information content (AvgIpc) is 3.28. The number of hydrogen-bond donors (Lipinski definition) is 2. The molecule has 0 unspecified atom stereocenters. The molecule has 0 amide bonds. The second kappa shape index (κ2) is 10.6. The molecule has 168 valence electrons. The zero-order valence-electron chi connectivity index (χ0n) is 18.9. The Morgan fingerprint density at radius 3 is 2.38 bits per heavy atom. The lowest BCUT2D eigenvalue weighted by atomic mass is 10.0. The number of aliphatic imine (C=N–C) groups is 1. The standard InChI is InChI=1S/C27H33N3O2/c1-2-3-4-5-6-7-8-13-18-28-19-30-23-17-12-10-15-21(23)24(27(30)32)25-26(31)20-14-9-11-16-22(20)29-25/h9-12,14-17,28,32H,2-8,13,18-19H2,1H3. The van der Waals surface area contributed by atoms with Crippen molar-refractivity contribution in [1.82, 2.24) is 9.88 Å². The first-order valence-electron chi connectivity index (χ1n) is 12.0. The number of ketones is 1. The summed E-state index contributed by atoms with van der Waals surface area (Å²) >= 11 is 0. The van der Waals surface area contributed by atoms with Crippen molar-refractivity contribution in [2.45, 2.75) is 65.0 Å². The molecular weight excluding hydrogens is 398 g/mol. The van der Waals surface area contributed by atoms with E-state index in [2.05, 4.69) is 17.2 Å². The Morgan fingerprint density at radius 1 is 0.906 bits per heavy atom. The topological polar surface area (TPSA) is 66.6 Å². The molecule has 1 aliphatic heterocycles. The minimum absolute atomic E-state index is 0.0922. The van der Waals surface area contributed by atoms with E-state index < -0.39 is 0 Å². The normalized spacial score (nSPS) is 13.0. The maximum Gasteiger partial charge on any atom is 0.214 e. The number of Topliss-reactive ketones (excluding diaryl/α,β-unsaturated/α-hetero) is 1. The van der Waals surface area contributed by atoms with E-state index in [0.717, 1.165) is 23.9 Å². The van der Waals surface area contributed by atoms with Crippen LogP contribution in [0.25, 0.3) is 10.9 Å².